The molecule has 2 aliphatic heterocycles. The second-order valence-corrected chi connectivity index (χ2v) is 7.31. The lowest BCUT2D eigenvalue weighted by Crippen LogP contribution is -2.30. The third-order valence-corrected chi connectivity index (χ3v) is 5.65. The number of imidazole rings is 1. The fourth-order valence-corrected chi connectivity index (χ4v) is 4.37. The Morgan fingerprint density at radius 2 is 1.68 bits per heavy atom. The summed E-state index contributed by atoms with van der Waals surface area (Å²) < 4.78 is 2.22. The van der Waals surface area contributed by atoms with Crippen LogP contribution < -0.4 is 9.80 Å². The minimum Gasteiger partial charge on any atom is -0.356 e. The van der Waals surface area contributed by atoms with Gasteiger partial charge in [0.15, 0.2) is 0 Å². The molecule has 6 heteroatoms. The maximum Gasteiger partial charge on any atom is 0.206 e. The molecule has 0 saturated carbocycles. The number of nitrogens with zero attached hydrogens (tertiary/aromatic N) is 6. The minimum atomic E-state index is 0.676. The fraction of sp³-hybridized carbons (Fsp3) is 0.421. The number of rotatable bonds is 2. The second kappa shape index (κ2) is 5.44. The molecule has 2 fully saturated rings. The molecular formula is C19H22N6. The van der Waals surface area contributed by atoms with Crippen LogP contribution in [-0.4, -0.2) is 45.7 Å². The molecule has 2 unspecified atom stereocenters. The van der Waals surface area contributed by atoms with E-state index in [1.807, 2.05) is 6.92 Å². The van der Waals surface area contributed by atoms with Gasteiger partial charge in [0.2, 0.25) is 5.95 Å². The zero-order valence-corrected chi connectivity index (χ0v) is 14.6. The summed E-state index contributed by atoms with van der Waals surface area (Å²) >= 11 is 0. The molecule has 2 aromatic heterocycles. The molecule has 2 saturated heterocycles. The van der Waals surface area contributed by atoms with Gasteiger partial charge in [0.25, 0.3) is 0 Å². The van der Waals surface area contributed by atoms with E-state index in [9.17, 15) is 0 Å². The van der Waals surface area contributed by atoms with Crippen LogP contribution in [0.1, 0.15) is 5.69 Å². The van der Waals surface area contributed by atoms with Gasteiger partial charge in [0.1, 0.15) is 12.1 Å². The highest BCUT2D eigenvalue weighted by molar-refractivity contribution is 5.78. The molecule has 0 radical (unpaired) electrons. The molecule has 0 N–H and O–H groups in total. The first-order valence-electron chi connectivity index (χ1n) is 8.89. The van der Waals surface area contributed by atoms with Crippen LogP contribution in [0, 0.1) is 18.8 Å². The van der Waals surface area contributed by atoms with E-state index in [0.717, 1.165) is 49.2 Å². The molecule has 6 nitrogen and oxygen atoms in total. The highest BCUT2D eigenvalue weighted by Gasteiger charge is 2.41. The van der Waals surface area contributed by atoms with Crippen molar-refractivity contribution in [2.75, 3.05) is 36.0 Å². The number of fused-ring (bicyclic) bond motifs is 2. The van der Waals surface area contributed by atoms with E-state index in [-0.39, 0.29) is 0 Å². The van der Waals surface area contributed by atoms with Crippen molar-refractivity contribution in [3.05, 3.63) is 42.4 Å². The lowest BCUT2D eigenvalue weighted by atomic mass is 10.0. The van der Waals surface area contributed by atoms with Crippen LogP contribution in [0.5, 0.6) is 0 Å². The topological polar surface area (TPSA) is 50.1 Å². The summed E-state index contributed by atoms with van der Waals surface area (Å²) in [5.74, 6) is 3.52. The highest BCUT2D eigenvalue weighted by atomic mass is 15.3. The minimum absolute atomic E-state index is 0.676. The van der Waals surface area contributed by atoms with Crippen LogP contribution in [-0.2, 0) is 7.05 Å². The Morgan fingerprint density at radius 1 is 0.960 bits per heavy atom. The summed E-state index contributed by atoms with van der Waals surface area (Å²) in [7, 11) is 2.12. The van der Waals surface area contributed by atoms with Crippen molar-refractivity contribution < 1.29 is 0 Å². The predicted molar refractivity (Wildman–Crippen MR) is 98.9 cm³/mol. The van der Waals surface area contributed by atoms with E-state index in [2.05, 4.69) is 61.7 Å². The molecule has 3 aromatic rings. The molecule has 1 aromatic carbocycles. The van der Waals surface area contributed by atoms with Gasteiger partial charge >= 0.3 is 0 Å². The first-order chi connectivity index (χ1) is 12.2. The van der Waals surface area contributed by atoms with Gasteiger partial charge in [-0.05, 0) is 19.1 Å². The number of hydrogen-bond donors (Lipinski definition) is 0. The molecule has 0 amide bonds. The number of anilines is 2. The van der Waals surface area contributed by atoms with Gasteiger partial charge in [-0.2, -0.15) is 0 Å². The van der Waals surface area contributed by atoms with Gasteiger partial charge in [0.05, 0.1) is 11.0 Å². The lowest BCUT2D eigenvalue weighted by molar-refractivity contribution is 0.533. The third kappa shape index (κ3) is 2.35. The molecule has 0 aliphatic carbocycles. The first kappa shape index (κ1) is 14.7. The Kier molecular flexibility index (Phi) is 3.20. The summed E-state index contributed by atoms with van der Waals surface area (Å²) in [5, 5.41) is 0. The average molecular weight is 334 g/mol. The van der Waals surface area contributed by atoms with Crippen molar-refractivity contribution in [1.29, 1.82) is 0 Å². The van der Waals surface area contributed by atoms with E-state index < -0.39 is 0 Å². The average Bonchev–Trinajstić information content (AvgIpc) is 3.26. The first-order valence-corrected chi connectivity index (χ1v) is 8.89. The Balaban J connectivity index is 1.36. The number of aromatic nitrogens is 4. The second-order valence-electron chi connectivity index (χ2n) is 7.31. The maximum absolute atomic E-state index is 4.86. The van der Waals surface area contributed by atoms with Crippen molar-refractivity contribution in [1.82, 2.24) is 19.5 Å². The number of benzene rings is 1. The van der Waals surface area contributed by atoms with Crippen LogP contribution >= 0.6 is 0 Å². The van der Waals surface area contributed by atoms with Gasteiger partial charge in [-0.1, -0.05) is 12.1 Å². The van der Waals surface area contributed by atoms with Gasteiger partial charge < -0.3 is 14.4 Å². The molecule has 4 heterocycles. The Bertz CT molecular complexity index is 919. The normalized spacial score (nSPS) is 22.8. The SMILES string of the molecule is Cc1cc(N2CC3CN(c4nc5ccccc5n4C)CC3C2)ncn1. The number of hydrogen-bond acceptors (Lipinski definition) is 5. The summed E-state index contributed by atoms with van der Waals surface area (Å²) in [5.41, 5.74) is 3.31. The number of para-hydroxylation sites is 2. The monoisotopic (exact) mass is 334 g/mol. The summed E-state index contributed by atoms with van der Waals surface area (Å²) in [6.07, 6.45) is 1.67. The molecule has 2 atom stereocenters. The van der Waals surface area contributed by atoms with Crippen LogP contribution in [0.15, 0.2) is 36.7 Å². The van der Waals surface area contributed by atoms with Crippen LogP contribution in [0.2, 0.25) is 0 Å². The summed E-state index contributed by atoms with van der Waals surface area (Å²) in [6, 6.07) is 10.5. The highest BCUT2D eigenvalue weighted by Crippen LogP contribution is 2.36. The smallest absolute Gasteiger partial charge is 0.206 e. The van der Waals surface area contributed by atoms with Crippen LogP contribution in [0.25, 0.3) is 11.0 Å². The van der Waals surface area contributed by atoms with Gasteiger partial charge in [0, 0.05) is 56.8 Å². The van der Waals surface area contributed by atoms with E-state index in [1.54, 1.807) is 6.33 Å². The standard InChI is InChI=1S/C19H22N6/c1-13-7-18(21-12-20-13)24-8-14-10-25(11-15(14)9-24)19-22-16-5-3-4-6-17(16)23(19)2/h3-7,12,14-15H,8-11H2,1-2H3. The van der Waals surface area contributed by atoms with E-state index in [1.165, 1.54) is 5.52 Å². The van der Waals surface area contributed by atoms with Crippen molar-refractivity contribution in [3.63, 3.8) is 0 Å². The van der Waals surface area contributed by atoms with Crippen LogP contribution in [0.3, 0.4) is 0 Å². The largest absolute Gasteiger partial charge is 0.356 e. The Hall–Kier alpha value is -2.63. The lowest BCUT2D eigenvalue weighted by Gasteiger charge is -2.23. The maximum atomic E-state index is 4.86. The Labute approximate surface area is 147 Å². The van der Waals surface area contributed by atoms with Gasteiger partial charge in [-0.25, -0.2) is 15.0 Å². The van der Waals surface area contributed by atoms with Crippen LogP contribution in [0.4, 0.5) is 11.8 Å². The van der Waals surface area contributed by atoms with Crippen molar-refractivity contribution in [2.45, 2.75) is 6.92 Å². The van der Waals surface area contributed by atoms with Gasteiger partial charge in [-0.15, -0.1) is 0 Å². The zero-order valence-electron chi connectivity index (χ0n) is 14.6. The molecule has 2 aliphatic rings. The molecule has 0 bridgehead atoms. The van der Waals surface area contributed by atoms with Crippen molar-refractivity contribution in [3.8, 4) is 0 Å². The molecule has 5 rings (SSSR count). The van der Waals surface area contributed by atoms with E-state index in [4.69, 9.17) is 4.98 Å². The summed E-state index contributed by atoms with van der Waals surface area (Å²) in [4.78, 5) is 18.4. The van der Waals surface area contributed by atoms with Crippen molar-refractivity contribution >= 4 is 22.8 Å². The Morgan fingerprint density at radius 3 is 2.40 bits per heavy atom. The summed E-state index contributed by atoms with van der Waals surface area (Å²) in [6.45, 7) is 6.31. The third-order valence-electron chi connectivity index (χ3n) is 5.65. The molecular weight excluding hydrogens is 312 g/mol. The predicted octanol–water partition coefficient (Wildman–Crippen LogP) is 2.24. The van der Waals surface area contributed by atoms with Gasteiger partial charge in [-0.3, -0.25) is 0 Å². The zero-order chi connectivity index (χ0) is 17.0. The number of aryl methyl sites for hydroxylation is 2. The molecule has 0 spiro atoms. The molecule has 128 valence electrons. The quantitative estimate of drug-likeness (QED) is 0.719. The van der Waals surface area contributed by atoms with Crippen molar-refractivity contribution in [2.24, 2.45) is 18.9 Å². The van der Waals surface area contributed by atoms with E-state index >= 15 is 0 Å². The fourth-order valence-electron chi connectivity index (χ4n) is 4.37. The molecule has 25 heavy (non-hydrogen) atoms. The van der Waals surface area contributed by atoms with E-state index in [0.29, 0.717) is 11.8 Å².